The Labute approximate surface area is 120 Å². The Morgan fingerprint density at radius 1 is 0.850 bits per heavy atom. The molecule has 3 heteroatoms. The summed E-state index contributed by atoms with van der Waals surface area (Å²) in [5, 5.41) is 3.44. The molecule has 0 amide bonds. The lowest BCUT2D eigenvalue weighted by Crippen LogP contribution is -2.12. The highest BCUT2D eigenvalue weighted by Crippen LogP contribution is 2.22. The molecule has 2 rings (SSSR count). The first kappa shape index (κ1) is 14.4. The van der Waals surface area contributed by atoms with Crippen LogP contribution in [0.15, 0.2) is 42.5 Å². The predicted octanol–water partition coefficient (Wildman–Crippen LogP) is 3.30. The van der Waals surface area contributed by atoms with Gasteiger partial charge in [-0.15, -0.1) is 0 Å². The fraction of sp³-hybridized carbons (Fsp3) is 0.294. The van der Waals surface area contributed by atoms with Gasteiger partial charge in [-0.25, -0.2) is 0 Å². The molecule has 0 heterocycles. The van der Waals surface area contributed by atoms with Crippen molar-refractivity contribution in [1.29, 1.82) is 0 Å². The zero-order chi connectivity index (χ0) is 14.4. The van der Waals surface area contributed by atoms with E-state index in [0.29, 0.717) is 0 Å². The molecule has 0 unspecified atom stereocenters. The molecule has 1 N–H and O–H groups in total. The van der Waals surface area contributed by atoms with Gasteiger partial charge in [0.15, 0.2) is 0 Å². The molecule has 0 aromatic heterocycles. The Kier molecular flexibility index (Phi) is 5.02. The molecule has 0 saturated carbocycles. The molecule has 0 bridgehead atoms. The van der Waals surface area contributed by atoms with Crippen LogP contribution in [-0.2, 0) is 13.1 Å². The maximum Gasteiger partial charge on any atom is 0.122 e. The van der Waals surface area contributed by atoms with Gasteiger partial charge in [0.25, 0.3) is 0 Å². The minimum Gasteiger partial charge on any atom is -0.497 e. The number of benzene rings is 2. The second kappa shape index (κ2) is 6.96. The first-order chi connectivity index (χ1) is 9.71. The van der Waals surface area contributed by atoms with E-state index in [1.165, 1.54) is 11.1 Å². The predicted molar refractivity (Wildman–Crippen MR) is 81.3 cm³/mol. The molecule has 2 aromatic carbocycles. The summed E-state index contributed by atoms with van der Waals surface area (Å²) in [6.45, 7) is 3.74. The van der Waals surface area contributed by atoms with Gasteiger partial charge in [-0.2, -0.15) is 0 Å². The van der Waals surface area contributed by atoms with Gasteiger partial charge in [0.2, 0.25) is 0 Å². The fourth-order valence-corrected chi connectivity index (χ4v) is 2.14. The van der Waals surface area contributed by atoms with E-state index in [-0.39, 0.29) is 0 Å². The first-order valence-corrected chi connectivity index (χ1v) is 6.69. The molecule has 0 spiro atoms. The number of nitrogens with one attached hydrogen (secondary N) is 1. The molecule has 0 fully saturated rings. The fourth-order valence-electron chi connectivity index (χ4n) is 2.14. The van der Waals surface area contributed by atoms with Crippen LogP contribution in [0.5, 0.6) is 11.5 Å². The van der Waals surface area contributed by atoms with Crippen LogP contribution in [-0.4, -0.2) is 14.2 Å². The normalized spacial score (nSPS) is 10.3. The largest absolute Gasteiger partial charge is 0.497 e. The second-order valence-corrected chi connectivity index (χ2v) is 4.81. The van der Waals surface area contributed by atoms with Crippen molar-refractivity contribution in [3.8, 4) is 11.5 Å². The molecule has 3 nitrogen and oxygen atoms in total. The summed E-state index contributed by atoms with van der Waals surface area (Å²) in [5.41, 5.74) is 3.72. The molecule has 20 heavy (non-hydrogen) atoms. The van der Waals surface area contributed by atoms with Gasteiger partial charge in [0, 0.05) is 19.2 Å². The Morgan fingerprint density at radius 3 is 2.10 bits per heavy atom. The minimum absolute atomic E-state index is 0.779. The van der Waals surface area contributed by atoms with Crippen molar-refractivity contribution in [1.82, 2.24) is 5.32 Å². The molecule has 0 aliphatic heterocycles. The lowest BCUT2D eigenvalue weighted by atomic mass is 10.1. The summed E-state index contributed by atoms with van der Waals surface area (Å²) in [4.78, 5) is 0. The number of aryl methyl sites for hydroxylation is 1. The lowest BCUT2D eigenvalue weighted by molar-refractivity contribution is 0.393. The minimum atomic E-state index is 0.779. The van der Waals surface area contributed by atoms with Crippen molar-refractivity contribution in [2.45, 2.75) is 20.0 Å². The molecule has 0 aliphatic carbocycles. The SMILES string of the molecule is COc1cc(CNCc2cccc(C)c2)cc(OC)c1. The summed E-state index contributed by atoms with van der Waals surface area (Å²) in [6, 6.07) is 14.4. The number of methoxy groups -OCH3 is 2. The van der Waals surface area contributed by atoms with E-state index in [4.69, 9.17) is 9.47 Å². The van der Waals surface area contributed by atoms with Crippen molar-refractivity contribution in [2.24, 2.45) is 0 Å². The van der Waals surface area contributed by atoms with E-state index >= 15 is 0 Å². The van der Waals surface area contributed by atoms with Gasteiger partial charge in [-0.3, -0.25) is 0 Å². The average Bonchev–Trinajstić information content (AvgIpc) is 2.47. The standard InChI is InChI=1S/C17H21NO2/c1-13-5-4-6-14(7-13)11-18-12-15-8-16(19-2)10-17(9-15)20-3/h4-10,18H,11-12H2,1-3H3. The van der Waals surface area contributed by atoms with Crippen LogP contribution in [0.2, 0.25) is 0 Å². The highest BCUT2D eigenvalue weighted by atomic mass is 16.5. The van der Waals surface area contributed by atoms with E-state index in [1.54, 1.807) is 14.2 Å². The van der Waals surface area contributed by atoms with Gasteiger partial charge in [-0.05, 0) is 30.2 Å². The number of rotatable bonds is 6. The van der Waals surface area contributed by atoms with E-state index in [9.17, 15) is 0 Å². The molecule has 0 atom stereocenters. The average molecular weight is 271 g/mol. The van der Waals surface area contributed by atoms with Gasteiger partial charge < -0.3 is 14.8 Å². The number of hydrogen-bond donors (Lipinski definition) is 1. The third-order valence-electron chi connectivity index (χ3n) is 3.15. The van der Waals surface area contributed by atoms with Gasteiger partial charge in [-0.1, -0.05) is 29.8 Å². The Balaban J connectivity index is 1.96. The van der Waals surface area contributed by atoms with Gasteiger partial charge >= 0.3 is 0 Å². The summed E-state index contributed by atoms with van der Waals surface area (Å²) in [7, 11) is 3.33. The van der Waals surface area contributed by atoms with Crippen LogP contribution in [0.4, 0.5) is 0 Å². The van der Waals surface area contributed by atoms with Gasteiger partial charge in [0.05, 0.1) is 14.2 Å². The van der Waals surface area contributed by atoms with E-state index < -0.39 is 0 Å². The summed E-state index contributed by atoms with van der Waals surface area (Å²) in [6.07, 6.45) is 0. The third kappa shape index (κ3) is 4.00. The summed E-state index contributed by atoms with van der Waals surface area (Å²) in [5.74, 6) is 1.63. The van der Waals surface area contributed by atoms with Crippen molar-refractivity contribution >= 4 is 0 Å². The molecule has 2 aromatic rings. The van der Waals surface area contributed by atoms with Crippen molar-refractivity contribution in [3.05, 3.63) is 59.2 Å². The highest BCUT2D eigenvalue weighted by molar-refractivity contribution is 5.38. The maximum absolute atomic E-state index is 5.27. The molecule has 0 saturated heterocycles. The number of hydrogen-bond acceptors (Lipinski definition) is 3. The topological polar surface area (TPSA) is 30.5 Å². The van der Waals surface area contributed by atoms with Crippen molar-refractivity contribution in [2.75, 3.05) is 14.2 Å². The quantitative estimate of drug-likeness (QED) is 0.874. The zero-order valence-corrected chi connectivity index (χ0v) is 12.3. The summed E-state index contributed by atoms with van der Waals surface area (Å²) >= 11 is 0. The monoisotopic (exact) mass is 271 g/mol. The van der Waals surface area contributed by atoms with Crippen molar-refractivity contribution in [3.63, 3.8) is 0 Å². The van der Waals surface area contributed by atoms with Crippen LogP contribution in [0.1, 0.15) is 16.7 Å². The van der Waals surface area contributed by atoms with Gasteiger partial charge in [0.1, 0.15) is 11.5 Å². The molecule has 0 aliphatic rings. The van der Waals surface area contributed by atoms with Crippen molar-refractivity contribution < 1.29 is 9.47 Å². The van der Waals surface area contributed by atoms with Crippen LogP contribution in [0.3, 0.4) is 0 Å². The van der Waals surface area contributed by atoms with E-state index in [0.717, 1.165) is 30.2 Å². The van der Waals surface area contributed by atoms with Crippen LogP contribution < -0.4 is 14.8 Å². The van der Waals surface area contributed by atoms with Crippen LogP contribution in [0, 0.1) is 6.92 Å². The summed E-state index contributed by atoms with van der Waals surface area (Å²) < 4.78 is 10.5. The zero-order valence-electron chi connectivity index (χ0n) is 12.3. The second-order valence-electron chi connectivity index (χ2n) is 4.81. The first-order valence-electron chi connectivity index (χ1n) is 6.69. The van der Waals surface area contributed by atoms with E-state index in [2.05, 4.69) is 36.5 Å². The Hall–Kier alpha value is -2.00. The smallest absolute Gasteiger partial charge is 0.122 e. The molecule has 106 valence electrons. The molecular formula is C17H21NO2. The Bertz CT molecular complexity index is 544. The Morgan fingerprint density at radius 2 is 1.50 bits per heavy atom. The maximum atomic E-state index is 5.27. The number of ether oxygens (including phenoxy) is 2. The third-order valence-corrected chi connectivity index (χ3v) is 3.15. The molecular weight excluding hydrogens is 250 g/mol. The van der Waals surface area contributed by atoms with E-state index in [1.807, 2.05) is 18.2 Å². The van der Waals surface area contributed by atoms with Crippen LogP contribution >= 0.6 is 0 Å². The lowest BCUT2D eigenvalue weighted by Gasteiger charge is -2.10. The van der Waals surface area contributed by atoms with Crippen LogP contribution in [0.25, 0.3) is 0 Å². The molecule has 0 radical (unpaired) electrons. The highest BCUT2D eigenvalue weighted by Gasteiger charge is 2.02.